The number of hydrogen-bond acceptors (Lipinski definition) is 3. The fourth-order valence-electron chi connectivity index (χ4n) is 2.76. The fourth-order valence-corrected chi connectivity index (χ4v) is 2.76. The Labute approximate surface area is 117 Å². The highest BCUT2D eigenvalue weighted by Gasteiger charge is 2.32. The maximum Gasteiger partial charge on any atom is 0.323 e. The second-order valence-electron chi connectivity index (χ2n) is 6.38. The number of aliphatic carboxylic acids is 1. The summed E-state index contributed by atoms with van der Waals surface area (Å²) < 4.78 is 0. The van der Waals surface area contributed by atoms with Crippen molar-refractivity contribution in [3.05, 3.63) is 0 Å². The van der Waals surface area contributed by atoms with Gasteiger partial charge in [-0.1, -0.05) is 20.8 Å². The van der Waals surface area contributed by atoms with E-state index in [0.717, 1.165) is 50.9 Å². The minimum Gasteiger partial charge on any atom is -0.480 e. The largest absolute Gasteiger partial charge is 0.480 e. The molecule has 3 unspecified atom stereocenters. The Kier molecular flexibility index (Phi) is 6.27. The van der Waals surface area contributed by atoms with Crippen LogP contribution in [0.25, 0.3) is 0 Å². The van der Waals surface area contributed by atoms with Crippen LogP contribution in [-0.4, -0.2) is 47.7 Å². The zero-order chi connectivity index (χ0) is 14.5. The highest BCUT2D eigenvalue weighted by molar-refractivity contribution is 5.78. The molecule has 2 N–H and O–H groups in total. The average molecular weight is 270 g/mol. The lowest BCUT2D eigenvalue weighted by atomic mass is 9.95. The first-order chi connectivity index (χ1) is 8.89. The van der Waals surface area contributed by atoms with Crippen molar-refractivity contribution in [1.29, 1.82) is 0 Å². The third-order valence-electron chi connectivity index (χ3n) is 4.45. The molecule has 0 saturated carbocycles. The second-order valence-corrected chi connectivity index (χ2v) is 6.38. The molecule has 3 atom stereocenters. The van der Waals surface area contributed by atoms with Gasteiger partial charge in [-0.15, -0.1) is 0 Å². The first kappa shape index (κ1) is 16.4. The quantitative estimate of drug-likeness (QED) is 0.710. The van der Waals surface area contributed by atoms with Gasteiger partial charge in [0.25, 0.3) is 0 Å². The van der Waals surface area contributed by atoms with Crippen molar-refractivity contribution in [2.45, 2.75) is 52.5 Å². The molecule has 1 rings (SSSR count). The van der Waals surface area contributed by atoms with Gasteiger partial charge in [-0.05, 0) is 51.1 Å². The number of hydrogen-bond donors (Lipinski definition) is 2. The van der Waals surface area contributed by atoms with Crippen LogP contribution in [0.1, 0.15) is 47.0 Å². The molecule has 1 heterocycles. The van der Waals surface area contributed by atoms with Crippen LogP contribution in [0.5, 0.6) is 0 Å². The molecule has 1 fully saturated rings. The van der Waals surface area contributed by atoms with Gasteiger partial charge in [-0.3, -0.25) is 4.79 Å². The van der Waals surface area contributed by atoms with Gasteiger partial charge in [0.1, 0.15) is 5.54 Å². The Morgan fingerprint density at radius 1 is 1.37 bits per heavy atom. The lowest BCUT2D eigenvalue weighted by Crippen LogP contribution is -2.50. The van der Waals surface area contributed by atoms with Crippen LogP contribution < -0.4 is 5.32 Å². The number of likely N-dealkylation sites (tertiary alicyclic amines) is 1. The fraction of sp³-hybridized carbons (Fsp3) is 0.933. The summed E-state index contributed by atoms with van der Waals surface area (Å²) in [5, 5.41) is 12.5. The van der Waals surface area contributed by atoms with Crippen LogP contribution in [0.15, 0.2) is 0 Å². The van der Waals surface area contributed by atoms with Gasteiger partial charge >= 0.3 is 5.97 Å². The van der Waals surface area contributed by atoms with Gasteiger partial charge < -0.3 is 15.3 Å². The summed E-state index contributed by atoms with van der Waals surface area (Å²) in [5.41, 5.74) is -0.771. The zero-order valence-corrected chi connectivity index (χ0v) is 12.9. The molecular weight excluding hydrogens is 240 g/mol. The van der Waals surface area contributed by atoms with E-state index in [9.17, 15) is 9.90 Å². The van der Waals surface area contributed by atoms with Crippen molar-refractivity contribution in [2.24, 2.45) is 11.8 Å². The lowest BCUT2D eigenvalue weighted by molar-refractivity contribution is -0.144. The predicted octanol–water partition coefficient (Wildman–Crippen LogP) is 2.20. The SMILES string of the molecule is CCCNC(C)(CCCN1CC(C)C(C)C1)C(=O)O. The molecule has 0 aromatic heterocycles. The van der Waals surface area contributed by atoms with E-state index in [1.54, 1.807) is 6.92 Å². The minimum atomic E-state index is -0.771. The molecule has 4 nitrogen and oxygen atoms in total. The van der Waals surface area contributed by atoms with Crippen LogP contribution in [0.3, 0.4) is 0 Å². The summed E-state index contributed by atoms with van der Waals surface area (Å²) in [6, 6.07) is 0. The minimum absolute atomic E-state index is 0.696. The third-order valence-corrected chi connectivity index (χ3v) is 4.45. The van der Waals surface area contributed by atoms with Gasteiger partial charge in [-0.2, -0.15) is 0 Å². The summed E-state index contributed by atoms with van der Waals surface area (Å²) in [4.78, 5) is 13.9. The van der Waals surface area contributed by atoms with Crippen LogP contribution in [0.2, 0.25) is 0 Å². The molecule has 0 aromatic carbocycles. The number of carboxylic acids is 1. The predicted molar refractivity (Wildman–Crippen MR) is 78.3 cm³/mol. The van der Waals surface area contributed by atoms with Crippen molar-refractivity contribution in [2.75, 3.05) is 26.2 Å². The molecule has 0 aromatic rings. The van der Waals surface area contributed by atoms with E-state index in [-0.39, 0.29) is 0 Å². The number of carboxylic acid groups (broad SMARTS) is 1. The number of carbonyl (C=O) groups is 1. The molecule has 0 bridgehead atoms. The topological polar surface area (TPSA) is 52.6 Å². The smallest absolute Gasteiger partial charge is 0.323 e. The Balaban J connectivity index is 2.34. The molecule has 0 radical (unpaired) electrons. The summed E-state index contributed by atoms with van der Waals surface area (Å²) in [5.74, 6) is 0.803. The first-order valence-electron chi connectivity index (χ1n) is 7.60. The molecule has 1 saturated heterocycles. The standard InChI is InChI=1S/C15H30N2O2/c1-5-8-16-15(4,14(18)19)7-6-9-17-10-12(2)13(3)11-17/h12-13,16H,5-11H2,1-4H3,(H,18,19). The van der Waals surface area contributed by atoms with Crippen molar-refractivity contribution >= 4 is 5.97 Å². The van der Waals surface area contributed by atoms with E-state index >= 15 is 0 Å². The van der Waals surface area contributed by atoms with Gasteiger partial charge in [0.05, 0.1) is 0 Å². The molecule has 0 amide bonds. The van der Waals surface area contributed by atoms with Crippen molar-refractivity contribution in [1.82, 2.24) is 10.2 Å². The maximum atomic E-state index is 11.4. The highest BCUT2D eigenvalue weighted by Crippen LogP contribution is 2.23. The second kappa shape index (κ2) is 7.25. The van der Waals surface area contributed by atoms with Crippen molar-refractivity contribution < 1.29 is 9.90 Å². The molecule has 19 heavy (non-hydrogen) atoms. The Morgan fingerprint density at radius 3 is 2.42 bits per heavy atom. The molecule has 0 spiro atoms. The van der Waals surface area contributed by atoms with Crippen molar-refractivity contribution in [3.63, 3.8) is 0 Å². The summed E-state index contributed by atoms with van der Waals surface area (Å²) in [6.07, 6.45) is 2.60. The first-order valence-corrected chi connectivity index (χ1v) is 7.60. The summed E-state index contributed by atoms with van der Waals surface area (Å²) in [7, 11) is 0. The van der Waals surface area contributed by atoms with E-state index in [1.165, 1.54) is 0 Å². The Morgan fingerprint density at radius 2 is 1.95 bits per heavy atom. The number of nitrogens with zero attached hydrogens (tertiary/aromatic N) is 1. The van der Waals surface area contributed by atoms with Gasteiger partial charge in [-0.25, -0.2) is 0 Å². The molecule has 4 heteroatoms. The lowest BCUT2D eigenvalue weighted by Gasteiger charge is -2.27. The summed E-state index contributed by atoms with van der Waals surface area (Å²) >= 11 is 0. The van der Waals surface area contributed by atoms with Gasteiger partial charge in [0.15, 0.2) is 0 Å². The van der Waals surface area contributed by atoms with Crippen molar-refractivity contribution in [3.8, 4) is 0 Å². The van der Waals surface area contributed by atoms with E-state index in [4.69, 9.17) is 0 Å². The van der Waals surface area contributed by atoms with E-state index < -0.39 is 11.5 Å². The van der Waals surface area contributed by atoms with Crippen LogP contribution in [0.4, 0.5) is 0 Å². The number of rotatable bonds is 8. The van der Waals surface area contributed by atoms with E-state index in [1.807, 2.05) is 0 Å². The monoisotopic (exact) mass is 270 g/mol. The molecule has 0 aliphatic carbocycles. The normalized spacial score (nSPS) is 27.4. The highest BCUT2D eigenvalue weighted by atomic mass is 16.4. The Hall–Kier alpha value is -0.610. The van der Waals surface area contributed by atoms with Crippen LogP contribution in [0, 0.1) is 11.8 Å². The van der Waals surface area contributed by atoms with Crippen LogP contribution >= 0.6 is 0 Å². The van der Waals surface area contributed by atoms with E-state index in [2.05, 4.69) is 31.0 Å². The molecule has 1 aliphatic rings. The van der Waals surface area contributed by atoms with Gasteiger partial charge in [0.2, 0.25) is 0 Å². The van der Waals surface area contributed by atoms with Crippen LogP contribution in [-0.2, 0) is 4.79 Å². The maximum absolute atomic E-state index is 11.4. The Bertz CT molecular complexity index is 286. The molecule has 1 aliphatic heterocycles. The average Bonchev–Trinajstić information content (AvgIpc) is 2.66. The number of nitrogens with one attached hydrogen (secondary N) is 1. The molecule has 112 valence electrons. The van der Waals surface area contributed by atoms with Gasteiger partial charge in [0, 0.05) is 13.1 Å². The third kappa shape index (κ3) is 4.77. The summed E-state index contributed by atoms with van der Waals surface area (Å²) in [6.45, 7) is 12.6. The molecular formula is C15H30N2O2. The zero-order valence-electron chi connectivity index (χ0n) is 12.9. The van der Waals surface area contributed by atoms with E-state index in [0.29, 0.717) is 6.42 Å².